The van der Waals surface area contributed by atoms with Gasteiger partial charge in [-0.2, -0.15) is 0 Å². The van der Waals surface area contributed by atoms with Gasteiger partial charge in [0.25, 0.3) is 0 Å². The minimum absolute atomic E-state index is 0.00588. The lowest BCUT2D eigenvalue weighted by atomic mass is 10.2. The lowest BCUT2D eigenvalue weighted by Gasteiger charge is -2.27. The topological polar surface area (TPSA) is 53.0 Å². The lowest BCUT2D eigenvalue weighted by Crippen LogP contribution is -2.43. The van der Waals surface area contributed by atoms with Crippen LogP contribution in [0.2, 0.25) is 0 Å². The van der Waals surface area contributed by atoms with E-state index in [0.29, 0.717) is 32.2 Å². The number of nitrogens with zero attached hydrogens (tertiary/aromatic N) is 2. The molecular weight excluding hydrogens is 323 g/mol. The Kier molecular flexibility index (Phi) is 7.35. The summed E-state index contributed by atoms with van der Waals surface area (Å²) < 4.78 is 19.3. The Labute approximate surface area is 149 Å². The SMILES string of the molecule is CC(C)CN1CC(OCc2cccc(F)c2)CN(C(C)CO)CC1=O. The number of aliphatic hydroxyl groups is 1. The van der Waals surface area contributed by atoms with Crippen molar-refractivity contribution in [3.63, 3.8) is 0 Å². The van der Waals surface area contributed by atoms with E-state index in [0.717, 1.165) is 5.56 Å². The third-order valence-electron chi connectivity index (χ3n) is 4.40. The van der Waals surface area contributed by atoms with Crippen LogP contribution in [0, 0.1) is 11.7 Å². The molecule has 0 saturated carbocycles. The number of ether oxygens (including phenoxy) is 1. The molecule has 1 N–H and O–H groups in total. The fraction of sp³-hybridized carbons (Fsp3) is 0.632. The van der Waals surface area contributed by atoms with Gasteiger partial charge in [0.05, 0.1) is 25.9 Å². The molecule has 1 amide bonds. The van der Waals surface area contributed by atoms with Crippen LogP contribution in [-0.4, -0.2) is 65.7 Å². The number of hydrogen-bond acceptors (Lipinski definition) is 4. The van der Waals surface area contributed by atoms with Crippen molar-refractivity contribution in [3.8, 4) is 0 Å². The van der Waals surface area contributed by atoms with Crippen LogP contribution in [0.1, 0.15) is 26.3 Å². The molecule has 2 rings (SSSR count). The molecule has 2 atom stereocenters. The third kappa shape index (κ3) is 6.06. The number of benzene rings is 1. The van der Waals surface area contributed by atoms with Crippen molar-refractivity contribution >= 4 is 5.91 Å². The summed E-state index contributed by atoms with van der Waals surface area (Å²) in [6.07, 6.45) is -0.178. The number of aliphatic hydroxyl groups excluding tert-OH is 1. The average Bonchev–Trinajstić information content (AvgIpc) is 2.71. The van der Waals surface area contributed by atoms with E-state index in [9.17, 15) is 14.3 Å². The van der Waals surface area contributed by atoms with Crippen molar-refractivity contribution < 1.29 is 19.0 Å². The highest BCUT2D eigenvalue weighted by Gasteiger charge is 2.30. The second-order valence-corrected chi connectivity index (χ2v) is 7.22. The first-order valence-corrected chi connectivity index (χ1v) is 8.87. The zero-order valence-electron chi connectivity index (χ0n) is 15.3. The van der Waals surface area contributed by atoms with Gasteiger partial charge in [0.1, 0.15) is 5.82 Å². The van der Waals surface area contributed by atoms with Crippen molar-refractivity contribution in [1.29, 1.82) is 0 Å². The Morgan fingerprint density at radius 3 is 2.72 bits per heavy atom. The minimum atomic E-state index is -0.283. The number of halogens is 1. The van der Waals surface area contributed by atoms with Gasteiger partial charge in [-0.15, -0.1) is 0 Å². The van der Waals surface area contributed by atoms with E-state index < -0.39 is 0 Å². The number of hydrogen-bond donors (Lipinski definition) is 1. The van der Waals surface area contributed by atoms with Gasteiger partial charge in [0, 0.05) is 25.7 Å². The molecule has 6 heteroatoms. The number of rotatable bonds is 7. The first-order valence-electron chi connectivity index (χ1n) is 8.87. The highest BCUT2D eigenvalue weighted by atomic mass is 19.1. The number of amides is 1. The number of carbonyl (C=O) groups excluding carboxylic acids is 1. The van der Waals surface area contributed by atoms with Crippen LogP contribution in [0.4, 0.5) is 4.39 Å². The largest absolute Gasteiger partial charge is 0.395 e. The summed E-state index contributed by atoms with van der Waals surface area (Å²) in [4.78, 5) is 16.3. The van der Waals surface area contributed by atoms with Crippen LogP contribution in [0.15, 0.2) is 24.3 Å². The zero-order chi connectivity index (χ0) is 18.4. The third-order valence-corrected chi connectivity index (χ3v) is 4.40. The van der Waals surface area contributed by atoms with Crippen molar-refractivity contribution in [2.24, 2.45) is 5.92 Å². The fourth-order valence-electron chi connectivity index (χ4n) is 3.02. The van der Waals surface area contributed by atoms with Gasteiger partial charge in [-0.3, -0.25) is 9.69 Å². The van der Waals surface area contributed by atoms with Crippen molar-refractivity contribution in [2.75, 3.05) is 32.8 Å². The summed E-state index contributed by atoms with van der Waals surface area (Å²) in [5, 5.41) is 9.45. The van der Waals surface area contributed by atoms with Crippen LogP contribution < -0.4 is 0 Å². The highest BCUT2D eigenvalue weighted by molar-refractivity contribution is 5.78. The molecule has 2 unspecified atom stereocenters. The molecule has 140 valence electrons. The molecule has 25 heavy (non-hydrogen) atoms. The quantitative estimate of drug-likeness (QED) is 0.814. The minimum Gasteiger partial charge on any atom is -0.395 e. The molecule has 1 aromatic rings. The predicted octanol–water partition coefficient (Wildman–Crippen LogP) is 1.89. The molecular formula is C19H29FN2O3. The Balaban J connectivity index is 2.07. The van der Waals surface area contributed by atoms with E-state index >= 15 is 0 Å². The molecule has 1 saturated heterocycles. The van der Waals surface area contributed by atoms with E-state index in [2.05, 4.69) is 13.8 Å². The van der Waals surface area contributed by atoms with Gasteiger partial charge in [-0.25, -0.2) is 4.39 Å². The lowest BCUT2D eigenvalue weighted by molar-refractivity contribution is -0.132. The Morgan fingerprint density at radius 2 is 2.08 bits per heavy atom. The predicted molar refractivity (Wildman–Crippen MR) is 94.5 cm³/mol. The monoisotopic (exact) mass is 352 g/mol. The molecule has 0 spiro atoms. The standard InChI is InChI=1S/C19H29FN2O3/c1-14(2)8-22-10-18(9-21(11-19(22)24)15(3)12-23)25-13-16-5-4-6-17(20)7-16/h4-7,14-15,18,23H,8-13H2,1-3H3. The van der Waals surface area contributed by atoms with E-state index in [4.69, 9.17) is 4.74 Å². The fourth-order valence-corrected chi connectivity index (χ4v) is 3.02. The molecule has 0 aromatic heterocycles. The van der Waals surface area contributed by atoms with Gasteiger partial charge in [-0.1, -0.05) is 26.0 Å². The van der Waals surface area contributed by atoms with Crippen LogP contribution >= 0.6 is 0 Å². The van der Waals surface area contributed by atoms with Crippen molar-refractivity contribution in [2.45, 2.75) is 39.5 Å². The van der Waals surface area contributed by atoms with Gasteiger partial charge < -0.3 is 14.7 Å². The van der Waals surface area contributed by atoms with E-state index in [1.165, 1.54) is 12.1 Å². The van der Waals surface area contributed by atoms with E-state index in [1.54, 1.807) is 6.07 Å². The summed E-state index contributed by atoms with van der Waals surface area (Å²) in [5.41, 5.74) is 0.771. The second-order valence-electron chi connectivity index (χ2n) is 7.22. The second kappa shape index (κ2) is 9.27. The summed E-state index contributed by atoms with van der Waals surface area (Å²) in [5.74, 6) is 0.148. The van der Waals surface area contributed by atoms with Gasteiger partial charge in [0.2, 0.25) is 5.91 Å². The zero-order valence-corrected chi connectivity index (χ0v) is 15.3. The maximum atomic E-state index is 13.3. The van der Waals surface area contributed by atoms with Crippen LogP contribution in [0.3, 0.4) is 0 Å². The Bertz CT molecular complexity index is 567. The van der Waals surface area contributed by atoms with E-state index in [1.807, 2.05) is 22.8 Å². The van der Waals surface area contributed by atoms with E-state index in [-0.39, 0.29) is 37.0 Å². The van der Waals surface area contributed by atoms with Gasteiger partial charge in [0.15, 0.2) is 0 Å². The normalized spacial score (nSPS) is 20.8. The summed E-state index contributed by atoms with van der Waals surface area (Å²) in [6, 6.07) is 6.24. The maximum Gasteiger partial charge on any atom is 0.236 e. The average molecular weight is 352 g/mol. The molecule has 1 aliphatic heterocycles. The van der Waals surface area contributed by atoms with Crippen LogP contribution in [0.25, 0.3) is 0 Å². The smallest absolute Gasteiger partial charge is 0.236 e. The first-order chi connectivity index (χ1) is 11.9. The van der Waals surface area contributed by atoms with Gasteiger partial charge >= 0.3 is 0 Å². The number of carbonyl (C=O) groups is 1. The Hall–Kier alpha value is -1.50. The molecule has 0 bridgehead atoms. The van der Waals surface area contributed by atoms with Crippen LogP contribution in [-0.2, 0) is 16.1 Å². The van der Waals surface area contributed by atoms with Crippen LogP contribution in [0.5, 0.6) is 0 Å². The summed E-state index contributed by atoms with van der Waals surface area (Å²) in [6.45, 7) is 8.40. The summed E-state index contributed by atoms with van der Waals surface area (Å²) >= 11 is 0. The highest BCUT2D eigenvalue weighted by Crippen LogP contribution is 2.15. The molecule has 1 heterocycles. The maximum absolute atomic E-state index is 13.3. The molecule has 1 aliphatic rings. The van der Waals surface area contributed by atoms with Crippen molar-refractivity contribution in [3.05, 3.63) is 35.6 Å². The molecule has 5 nitrogen and oxygen atoms in total. The first kappa shape index (κ1) is 19.8. The molecule has 1 aromatic carbocycles. The van der Waals surface area contributed by atoms with Gasteiger partial charge in [-0.05, 0) is 30.5 Å². The molecule has 0 radical (unpaired) electrons. The molecule has 0 aliphatic carbocycles. The van der Waals surface area contributed by atoms with Crippen molar-refractivity contribution in [1.82, 2.24) is 9.80 Å². The Morgan fingerprint density at radius 1 is 1.32 bits per heavy atom. The molecule has 1 fully saturated rings. The summed E-state index contributed by atoms with van der Waals surface area (Å²) in [7, 11) is 0.